The van der Waals surface area contributed by atoms with Gasteiger partial charge in [-0.05, 0) is 28.3 Å². The molecule has 0 aliphatic heterocycles. The molecule has 1 aliphatic rings. The molecule has 3 aromatic carbocycles. The van der Waals surface area contributed by atoms with Crippen molar-refractivity contribution in [3.05, 3.63) is 101 Å². The number of ketones is 1. The highest BCUT2D eigenvalue weighted by molar-refractivity contribution is 6.21. The maximum absolute atomic E-state index is 12.6. The zero-order valence-corrected chi connectivity index (χ0v) is 15.2. The molecule has 0 spiro atoms. The van der Waals surface area contributed by atoms with E-state index in [1.807, 2.05) is 84.9 Å². The summed E-state index contributed by atoms with van der Waals surface area (Å²) in [6.07, 6.45) is 3.25. The van der Waals surface area contributed by atoms with Crippen molar-refractivity contribution in [2.45, 2.75) is 6.61 Å². The highest BCUT2D eigenvalue weighted by atomic mass is 16.5. The predicted molar refractivity (Wildman–Crippen MR) is 109 cm³/mol. The van der Waals surface area contributed by atoms with Crippen LogP contribution in [-0.4, -0.2) is 18.4 Å². The molecule has 138 valence electrons. The van der Waals surface area contributed by atoms with Gasteiger partial charge in [-0.25, -0.2) is 4.79 Å². The first-order valence-corrected chi connectivity index (χ1v) is 9.11. The smallest absolute Gasteiger partial charge is 0.407 e. The summed E-state index contributed by atoms with van der Waals surface area (Å²) in [5.41, 5.74) is 5.29. The number of ether oxygens (including phenoxy) is 1. The van der Waals surface area contributed by atoms with Crippen molar-refractivity contribution in [1.29, 1.82) is 0 Å². The molecule has 1 amide bonds. The number of alkyl carbamates (subject to hydrolysis) is 1. The molecule has 0 bridgehead atoms. The molecule has 0 radical (unpaired) electrons. The number of hydrogen-bond acceptors (Lipinski definition) is 3. The second kappa shape index (κ2) is 7.92. The minimum Gasteiger partial charge on any atom is -0.445 e. The van der Waals surface area contributed by atoms with Gasteiger partial charge in [-0.3, -0.25) is 4.79 Å². The van der Waals surface area contributed by atoms with E-state index in [2.05, 4.69) is 5.32 Å². The molecule has 0 saturated carbocycles. The molecule has 4 nitrogen and oxygen atoms in total. The molecule has 0 fully saturated rings. The van der Waals surface area contributed by atoms with Gasteiger partial charge in [0.2, 0.25) is 0 Å². The van der Waals surface area contributed by atoms with Crippen molar-refractivity contribution < 1.29 is 14.3 Å². The number of fused-ring (bicyclic) bond motifs is 3. The monoisotopic (exact) mass is 369 g/mol. The Morgan fingerprint density at radius 2 is 1.57 bits per heavy atom. The lowest BCUT2D eigenvalue weighted by Crippen LogP contribution is -2.24. The largest absolute Gasteiger partial charge is 0.445 e. The lowest BCUT2D eigenvalue weighted by atomic mass is 10.0. The van der Waals surface area contributed by atoms with E-state index in [1.165, 1.54) is 0 Å². The van der Waals surface area contributed by atoms with Gasteiger partial charge in [0.05, 0.1) is 0 Å². The maximum atomic E-state index is 12.6. The molecule has 3 aromatic rings. The third kappa shape index (κ3) is 3.71. The van der Waals surface area contributed by atoms with E-state index in [9.17, 15) is 9.59 Å². The molecule has 4 heteroatoms. The van der Waals surface area contributed by atoms with E-state index in [1.54, 1.807) is 0 Å². The second-order valence-corrected chi connectivity index (χ2v) is 6.52. The molecule has 0 aromatic heterocycles. The van der Waals surface area contributed by atoms with E-state index in [4.69, 9.17) is 4.74 Å². The van der Waals surface area contributed by atoms with Crippen molar-refractivity contribution in [2.24, 2.45) is 0 Å². The van der Waals surface area contributed by atoms with E-state index in [0.29, 0.717) is 6.54 Å². The average molecular weight is 369 g/mol. The maximum Gasteiger partial charge on any atom is 0.407 e. The van der Waals surface area contributed by atoms with Gasteiger partial charge in [0.15, 0.2) is 5.78 Å². The predicted octanol–water partition coefficient (Wildman–Crippen LogP) is 4.84. The lowest BCUT2D eigenvalue weighted by Gasteiger charge is -2.05. The summed E-state index contributed by atoms with van der Waals surface area (Å²) >= 11 is 0. The highest BCUT2D eigenvalue weighted by Gasteiger charge is 2.25. The van der Waals surface area contributed by atoms with Gasteiger partial charge in [-0.2, -0.15) is 0 Å². The second-order valence-electron chi connectivity index (χ2n) is 6.52. The van der Waals surface area contributed by atoms with Gasteiger partial charge in [0.25, 0.3) is 0 Å². The summed E-state index contributed by atoms with van der Waals surface area (Å²) < 4.78 is 5.16. The van der Waals surface area contributed by atoms with Crippen LogP contribution in [0.15, 0.2) is 78.9 Å². The number of benzene rings is 3. The van der Waals surface area contributed by atoms with Crippen molar-refractivity contribution in [2.75, 3.05) is 6.54 Å². The Kier molecular flexibility index (Phi) is 5.02. The SMILES string of the molecule is O=C(NCC=Cc1ccc2c(c1)C(=O)c1ccccc1-2)OCc1ccccc1. The number of rotatable bonds is 5. The number of carbonyl (C=O) groups is 2. The van der Waals surface area contributed by atoms with Gasteiger partial charge < -0.3 is 10.1 Å². The minimum atomic E-state index is -0.465. The van der Waals surface area contributed by atoms with Gasteiger partial charge in [-0.1, -0.05) is 78.9 Å². The molecule has 0 saturated heterocycles. The van der Waals surface area contributed by atoms with E-state index < -0.39 is 6.09 Å². The van der Waals surface area contributed by atoms with Crippen LogP contribution < -0.4 is 5.32 Å². The fourth-order valence-electron chi connectivity index (χ4n) is 3.26. The van der Waals surface area contributed by atoms with Crippen LogP contribution in [0.3, 0.4) is 0 Å². The van der Waals surface area contributed by atoms with E-state index in [-0.39, 0.29) is 12.4 Å². The Morgan fingerprint density at radius 1 is 0.857 bits per heavy atom. The van der Waals surface area contributed by atoms with Crippen LogP contribution in [0.1, 0.15) is 27.0 Å². The van der Waals surface area contributed by atoms with Crippen LogP contribution in [0.4, 0.5) is 4.79 Å². The Hall–Kier alpha value is -3.66. The van der Waals surface area contributed by atoms with Gasteiger partial charge >= 0.3 is 6.09 Å². The standard InChI is InChI=1S/C24H19NO3/c26-23-21-11-5-4-10-19(21)20-13-12-17(15-22(20)23)9-6-14-25-24(27)28-16-18-7-2-1-3-8-18/h1-13,15H,14,16H2,(H,25,27). The molecule has 4 rings (SSSR count). The molecule has 0 unspecified atom stereocenters. The van der Waals surface area contributed by atoms with Crippen molar-refractivity contribution in [3.63, 3.8) is 0 Å². The van der Waals surface area contributed by atoms with E-state index >= 15 is 0 Å². The summed E-state index contributed by atoms with van der Waals surface area (Å²) in [6.45, 7) is 0.586. The van der Waals surface area contributed by atoms with Crippen LogP contribution in [-0.2, 0) is 11.3 Å². The molecular formula is C24H19NO3. The topological polar surface area (TPSA) is 55.4 Å². The fourth-order valence-corrected chi connectivity index (χ4v) is 3.26. The van der Waals surface area contributed by atoms with Crippen LogP contribution in [0, 0.1) is 0 Å². The quantitative estimate of drug-likeness (QED) is 0.548. The van der Waals surface area contributed by atoms with Gasteiger partial charge in [0.1, 0.15) is 6.61 Å². The number of hydrogen-bond donors (Lipinski definition) is 1. The highest BCUT2D eigenvalue weighted by Crippen LogP contribution is 2.36. The Bertz CT molecular complexity index is 1050. The van der Waals surface area contributed by atoms with Crippen molar-refractivity contribution in [1.82, 2.24) is 5.32 Å². The lowest BCUT2D eigenvalue weighted by molar-refractivity contribution is 0.104. The normalized spacial score (nSPS) is 11.9. The van der Waals surface area contributed by atoms with Crippen LogP contribution in [0.25, 0.3) is 17.2 Å². The van der Waals surface area contributed by atoms with E-state index in [0.717, 1.165) is 33.4 Å². The number of carbonyl (C=O) groups excluding carboxylic acids is 2. The Labute approximate surface area is 163 Å². The Morgan fingerprint density at radius 3 is 2.39 bits per heavy atom. The molecule has 1 N–H and O–H groups in total. The molecule has 1 aliphatic carbocycles. The number of nitrogens with one attached hydrogen (secondary N) is 1. The zero-order valence-electron chi connectivity index (χ0n) is 15.2. The molecule has 28 heavy (non-hydrogen) atoms. The summed E-state index contributed by atoms with van der Waals surface area (Å²) in [7, 11) is 0. The average Bonchev–Trinajstić information content (AvgIpc) is 3.03. The first-order valence-electron chi connectivity index (χ1n) is 9.11. The molecular weight excluding hydrogens is 350 g/mol. The van der Waals surface area contributed by atoms with Gasteiger partial charge in [0, 0.05) is 17.7 Å². The summed E-state index contributed by atoms with van der Waals surface area (Å²) in [4.78, 5) is 24.3. The van der Waals surface area contributed by atoms with Crippen LogP contribution >= 0.6 is 0 Å². The first-order chi connectivity index (χ1) is 13.7. The molecule has 0 heterocycles. The fraction of sp³-hybridized carbons (Fsp3) is 0.0833. The Balaban J connectivity index is 1.32. The van der Waals surface area contributed by atoms with Crippen LogP contribution in [0.5, 0.6) is 0 Å². The summed E-state index contributed by atoms with van der Waals surface area (Å²) in [5.74, 6) is 0.0588. The minimum absolute atomic E-state index is 0.0588. The van der Waals surface area contributed by atoms with Crippen LogP contribution in [0.2, 0.25) is 0 Å². The zero-order chi connectivity index (χ0) is 19.3. The first kappa shape index (κ1) is 17.7. The third-order valence-electron chi connectivity index (χ3n) is 4.64. The number of amides is 1. The van der Waals surface area contributed by atoms with Crippen molar-refractivity contribution >= 4 is 18.0 Å². The van der Waals surface area contributed by atoms with Crippen molar-refractivity contribution in [3.8, 4) is 11.1 Å². The summed E-state index contributed by atoms with van der Waals surface area (Å²) in [5, 5.41) is 2.68. The third-order valence-corrected chi connectivity index (χ3v) is 4.64. The molecule has 0 atom stereocenters. The van der Waals surface area contributed by atoms with Gasteiger partial charge in [-0.15, -0.1) is 0 Å². The summed E-state index contributed by atoms with van der Waals surface area (Å²) in [6, 6.07) is 23.0.